The fraction of sp³-hybridized carbons (Fsp3) is 0.280. The Bertz CT molecular complexity index is 1020. The van der Waals surface area contributed by atoms with Crippen LogP contribution in [-0.4, -0.2) is 60.4 Å². The topological polar surface area (TPSA) is 83.2 Å². The number of carbonyl (C=O) groups excluding carboxylic acids is 2. The van der Waals surface area contributed by atoms with E-state index in [2.05, 4.69) is 6.58 Å². The van der Waals surface area contributed by atoms with Crippen molar-refractivity contribution in [3.8, 4) is 5.75 Å². The largest absolute Gasteiger partial charge is 0.503 e. The molecule has 1 aromatic carbocycles. The van der Waals surface area contributed by atoms with Crippen LogP contribution in [0.3, 0.4) is 0 Å². The Hall–Kier alpha value is -3.58. The summed E-state index contributed by atoms with van der Waals surface area (Å²) in [5.74, 6) is -0.438. The molecule has 1 amide bonds. The van der Waals surface area contributed by atoms with Gasteiger partial charge in [-0.25, -0.2) is 0 Å². The number of aliphatic hydroxyl groups is 1. The Morgan fingerprint density at radius 1 is 1.31 bits per heavy atom. The van der Waals surface area contributed by atoms with Gasteiger partial charge < -0.3 is 24.1 Å². The molecule has 7 nitrogen and oxygen atoms in total. The highest BCUT2D eigenvalue weighted by molar-refractivity contribution is 6.14. The summed E-state index contributed by atoms with van der Waals surface area (Å²) in [5.41, 5.74) is 0.729. The number of amides is 1. The van der Waals surface area contributed by atoms with Crippen LogP contribution in [0.2, 0.25) is 0 Å². The molecule has 1 aromatic heterocycles. The number of hydrogen-bond donors (Lipinski definition) is 1. The Balaban J connectivity index is 1.95. The quantitative estimate of drug-likeness (QED) is 0.426. The van der Waals surface area contributed by atoms with Crippen molar-refractivity contribution in [1.29, 1.82) is 0 Å². The molecule has 1 aliphatic rings. The van der Waals surface area contributed by atoms with Crippen LogP contribution in [-0.2, 0) is 9.59 Å². The van der Waals surface area contributed by atoms with Gasteiger partial charge in [0, 0.05) is 6.54 Å². The van der Waals surface area contributed by atoms with Gasteiger partial charge >= 0.3 is 0 Å². The first kappa shape index (κ1) is 23.1. The summed E-state index contributed by atoms with van der Waals surface area (Å²) in [6.07, 6.45) is 6.66. The second-order valence-corrected chi connectivity index (χ2v) is 7.71. The maximum Gasteiger partial charge on any atom is 0.290 e. The highest BCUT2D eigenvalue weighted by Gasteiger charge is 2.42. The van der Waals surface area contributed by atoms with Crippen LogP contribution in [0.15, 0.2) is 77.1 Å². The Labute approximate surface area is 187 Å². The molecule has 0 saturated carbocycles. The fourth-order valence-electron chi connectivity index (χ4n) is 3.60. The summed E-state index contributed by atoms with van der Waals surface area (Å²) in [6.45, 7) is 5.14. The van der Waals surface area contributed by atoms with E-state index in [9.17, 15) is 14.7 Å². The monoisotopic (exact) mass is 436 g/mol. The van der Waals surface area contributed by atoms with Crippen molar-refractivity contribution in [2.45, 2.75) is 12.5 Å². The molecule has 0 saturated heterocycles. The van der Waals surface area contributed by atoms with Crippen LogP contribution in [0, 0.1) is 0 Å². The first-order chi connectivity index (χ1) is 15.4. The van der Waals surface area contributed by atoms with Gasteiger partial charge in [-0.05, 0) is 69.0 Å². The van der Waals surface area contributed by atoms with E-state index in [4.69, 9.17) is 9.15 Å². The van der Waals surface area contributed by atoms with Crippen molar-refractivity contribution in [2.24, 2.45) is 0 Å². The predicted molar refractivity (Wildman–Crippen MR) is 122 cm³/mol. The Morgan fingerprint density at radius 3 is 2.81 bits per heavy atom. The van der Waals surface area contributed by atoms with E-state index < -0.39 is 23.5 Å². The lowest BCUT2D eigenvalue weighted by molar-refractivity contribution is -0.129. The van der Waals surface area contributed by atoms with Crippen molar-refractivity contribution >= 4 is 17.8 Å². The van der Waals surface area contributed by atoms with Gasteiger partial charge in [-0.15, -0.1) is 0 Å². The number of aliphatic hydroxyl groups excluding tert-OH is 1. The second kappa shape index (κ2) is 10.6. The maximum absolute atomic E-state index is 13.1. The number of rotatable bonds is 11. The summed E-state index contributed by atoms with van der Waals surface area (Å²) in [7, 11) is 3.90. The van der Waals surface area contributed by atoms with E-state index in [0.717, 1.165) is 6.54 Å². The van der Waals surface area contributed by atoms with Crippen molar-refractivity contribution in [3.05, 3.63) is 84.0 Å². The number of furan rings is 1. The molecule has 0 radical (unpaired) electrons. The highest BCUT2D eigenvalue weighted by Crippen LogP contribution is 2.39. The normalized spacial score (nSPS) is 16.4. The van der Waals surface area contributed by atoms with Crippen LogP contribution in [0.1, 0.15) is 23.8 Å². The van der Waals surface area contributed by atoms with Gasteiger partial charge in [0.2, 0.25) is 0 Å². The third-order valence-corrected chi connectivity index (χ3v) is 5.06. The number of benzene rings is 1. The average Bonchev–Trinajstić information content (AvgIpc) is 3.38. The van der Waals surface area contributed by atoms with Gasteiger partial charge in [0.05, 0.1) is 17.9 Å². The van der Waals surface area contributed by atoms with E-state index in [1.54, 1.807) is 41.3 Å². The third-order valence-electron chi connectivity index (χ3n) is 5.06. The molecule has 0 bridgehead atoms. The lowest BCUT2D eigenvalue weighted by atomic mass is 9.95. The van der Waals surface area contributed by atoms with Crippen molar-refractivity contribution in [3.63, 3.8) is 0 Å². The Kier molecular flexibility index (Phi) is 7.68. The maximum atomic E-state index is 13.1. The molecule has 1 N–H and O–H groups in total. The second-order valence-electron chi connectivity index (χ2n) is 7.71. The first-order valence-electron chi connectivity index (χ1n) is 10.4. The molecule has 168 valence electrons. The van der Waals surface area contributed by atoms with Gasteiger partial charge in [0.1, 0.15) is 18.1 Å². The minimum absolute atomic E-state index is 0.0449. The zero-order chi connectivity index (χ0) is 23.1. The molecule has 1 atom stereocenters. The van der Waals surface area contributed by atoms with Crippen LogP contribution >= 0.6 is 0 Å². The molecule has 2 heterocycles. The summed E-state index contributed by atoms with van der Waals surface area (Å²) < 4.78 is 10.9. The molecule has 32 heavy (non-hydrogen) atoms. The summed E-state index contributed by atoms with van der Waals surface area (Å²) in [6, 6.07) is 9.90. The first-order valence-corrected chi connectivity index (χ1v) is 10.4. The Morgan fingerprint density at radius 2 is 2.12 bits per heavy atom. The van der Waals surface area contributed by atoms with E-state index >= 15 is 0 Å². The van der Waals surface area contributed by atoms with Crippen LogP contribution < -0.4 is 4.74 Å². The summed E-state index contributed by atoms with van der Waals surface area (Å²) in [5, 5.41) is 10.7. The van der Waals surface area contributed by atoms with Gasteiger partial charge in [0.25, 0.3) is 5.91 Å². The van der Waals surface area contributed by atoms with E-state index in [0.29, 0.717) is 36.6 Å². The van der Waals surface area contributed by atoms with Gasteiger partial charge in [-0.2, -0.15) is 0 Å². The van der Waals surface area contributed by atoms with Crippen molar-refractivity contribution in [2.75, 3.05) is 33.8 Å². The molecular formula is C25H28N2O5. The van der Waals surface area contributed by atoms with Crippen LogP contribution in [0.4, 0.5) is 0 Å². The van der Waals surface area contributed by atoms with Crippen molar-refractivity contribution < 1.29 is 23.8 Å². The fourth-order valence-corrected chi connectivity index (χ4v) is 3.60. The smallest absolute Gasteiger partial charge is 0.290 e. The molecule has 1 unspecified atom stereocenters. The van der Waals surface area contributed by atoms with Gasteiger partial charge in [-0.1, -0.05) is 24.8 Å². The minimum Gasteiger partial charge on any atom is -0.503 e. The number of carbonyl (C=O) groups is 2. The highest BCUT2D eigenvalue weighted by atomic mass is 16.5. The molecule has 2 aromatic rings. The standard InChI is InChI=1S/C25H28N2O5/c1-4-15-31-20-9-5-8-18(17-20)23-22(21(28)12-11-19-10-6-16-32-19)24(29)25(30)27(23)14-7-13-26(2)3/h4-6,8-12,16-17,23,29H,1,7,13-15H2,2-3H3/b12-11+. The average molecular weight is 437 g/mol. The van der Waals surface area contributed by atoms with Gasteiger partial charge in [-0.3, -0.25) is 9.59 Å². The molecule has 3 rings (SSSR count). The molecule has 0 fully saturated rings. The number of ketones is 1. The summed E-state index contributed by atoms with van der Waals surface area (Å²) in [4.78, 5) is 29.6. The zero-order valence-corrected chi connectivity index (χ0v) is 18.4. The van der Waals surface area contributed by atoms with Crippen LogP contribution in [0.25, 0.3) is 6.08 Å². The lowest BCUT2D eigenvalue weighted by Crippen LogP contribution is -2.33. The number of ether oxygens (including phenoxy) is 1. The van der Waals surface area contributed by atoms with E-state index in [-0.39, 0.29) is 5.57 Å². The SMILES string of the molecule is C=CCOc1cccc(C2C(C(=O)/C=C/c3ccco3)=C(O)C(=O)N2CCCN(C)C)c1. The summed E-state index contributed by atoms with van der Waals surface area (Å²) >= 11 is 0. The molecule has 7 heteroatoms. The molecule has 0 spiro atoms. The minimum atomic E-state index is -0.717. The number of allylic oxidation sites excluding steroid dienone is 1. The molecule has 0 aliphatic carbocycles. The molecule has 1 aliphatic heterocycles. The zero-order valence-electron chi connectivity index (χ0n) is 18.4. The predicted octanol–water partition coefficient (Wildman–Crippen LogP) is 3.77. The van der Waals surface area contributed by atoms with Gasteiger partial charge in [0.15, 0.2) is 11.5 Å². The van der Waals surface area contributed by atoms with E-state index in [1.807, 2.05) is 25.1 Å². The number of nitrogens with zero attached hydrogens (tertiary/aromatic N) is 2. The van der Waals surface area contributed by atoms with E-state index in [1.165, 1.54) is 18.4 Å². The molecular weight excluding hydrogens is 408 g/mol. The van der Waals surface area contributed by atoms with Crippen molar-refractivity contribution in [1.82, 2.24) is 9.80 Å². The van der Waals surface area contributed by atoms with Crippen LogP contribution in [0.5, 0.6) is 5.75 Å². The lowest BCUT2D eigenvalue weighted by Gasteiger charge is -2.27. The third kappa shape index (κ3) is 5.36. The number of hydrogen-bond acceptors (Lipinski definition) is 6.